The number of amides is 1. The van der Waals surface area contributed by atoms with Crippen LogP contribution in [-0.4, -0.2) is 30.4 Å². The fourth-order valence-electron chi connectivity index (χ4n) is 2.80. The first-order valence-electron chi connectivity index (χ1n) is 8.67. The van der Waals surface area contributed by atoms with Crippen LogP contribution < -0.4 is 10.1 Å². The van der Waals surface area contributed by atoms with Gasteiger partial charge in [0.1, 0.15) is 23.3 Å². The van der Waals surface area contributed by atoms with Gasteiger partial charge in [-0.3, -0.25) is 4.79 Å². The Bertz CT molecular complexity index is 683. The van der Waals surface area contributed by atoms with E-state index >= 15 is 0 Å². The Balaban J connectivity index is 2.07. The summed E-state index contributed by atoms with van der Waals surface area (Å²) < 4.78 is 30.1. The molecular formula is C19H26FNO5. The molecule has 1 aliphatic heterocycles. The number of ether oxygens (including phenoxy) is 3. The fraction of sp³-hybridized carbons (Fsp3) is 0.579. The third-order valence-electron chi connectivity index (χ3n) is 3.84. The van der Waals surface area contributed by atoms with Gasteiger partial charge < -0.3 is 19.5 Å². The lowest BCUT2D eigenvalue weighted by Crippen LogP contribution is -2.34. The van der Waals surface area contributed by atoms with Gasteiger partial charge in [-0.15, -0.1) is 0 Å². The first-order chi connectivity index (χ1) is 12.0. The van der Waals surface area contributed by atoms with Crippen LogP contribution in [0.2, 0.25) is 0 Å². The maximum atomic E-state index is 14.0. The molecule has 0 radical (unpaired) electrons. The van der Waals surface area contributed by atoms with Crippen molar-refractivity contribution in [2.75, 3.05) is 6.61 Å². The van der Waals surface area contributed by atoms with Crippen molar-refractivity contribution in [1.82, 2.24) is 5.32 Å². The first-order valence-corrected chi connectivity index (χ1v) is 8.67. The van der Waals surface area contributed by atoms with Gasteiger partial charge in [-0.1, -0.05) is 0 Å². The number of alkyl carbamates (subject to hydrolysis) is 1. The molecule has 1 aromatic rings. The van der Waals surface area contributed by atoms with Gasteiger partial charge in [0.2, 0.25) is 0 Å². The summed E-state index contributed by atoms with van der Waals surface area (Å²) >= 11 is 0. The minimum absolute atomic E-state index is 0.196. The van der Waals surface area contributed by atoms with E-state index in [-0.39, 0.29) is 24.5 Å². The highest BCUT2D eigenvalue weighted by molar-refractivity contribution is 5.68. The smallest absolute Gasteiger partial charge is 0.408 e. The maximum Gasteiger partial charge on any atom is 0.408 e. The summed E-state index contributed by atoms with van der Waals surface area (Å²) in [6.45, 7) is 8.66. The monoisotopic (exact) mass is 367 g/mol. The number of fused-ring (bicyclic) bond motifs is 1. The Hall–Kier alpha value is -2.31. The van der Waals surface area contributed by atoms with Gasteiger partial charge in [0, 0.05) is 30.9 Å². The average Bonchev–Trinajstić information content (AvgIpc) is 2.86. The zero-order valence-corrected chi connectivity index (χ0v) is 15.8. The molecule has 2 rings (SSSR count). The van der Waals surface area contributed by atoms with Gasteiger partial charge in [-0.05, 0) is 39.8 Å². The molecule has 2 atom stereocenters. The SMILES string of the molecule is CC(=O)OCCC1Cc2cc(F)cc([C@@H](C)NC(=O)OC(C)(C)C)c2O1. The van der Waals surface area contributed by atoms with Crippen molar-refractivity contribution in [3.8, 4) is 5.75 Å². The molecule has 0 aromatic heterocycles. The van der Waals surface area contributed by atoms with Crippen molar-refractivity contribution in [1.29, 1.82) is 0 Å². The highest BCUT2D eigenvalue weighted by atomic mass is 19.1. The number of nitrogens with one attached hydrogen (secondary N) is 1. The second kappa shape index (κ2) is 7.93. The first kappa shape index (κ1) is 20.0. The van der Waals surface area contributed by atoms with Gasteiger partial charge >= 0.3 is 12.1 Å². The summed E-state index contributed by atoms with van der Waals surface area (Å²) in [6, 6.07) is 2.31. The number of carbonyl (C=O) groups is 2. The van der Waals surface area contributed by atoms with E-state index in [0.29, 0.717) is 24.2 Å². The molecule has 0 fully saturated rings. The Morgan fingerprint density at radius 3 is 2.69 bits per heavy atom. The second-order valence-corrected chi connectivity index (χ2v) is 7.42. The number of hydrogen-bond acceptors (Lipinski definition) is 5. The lowest BCUT2D eigenvalue weighted by molar-refractivity contribution is -0.141. The average molecular weight is 367 g/mol. The Morgan fingerprint density at radius 2 is 2.08 bits per heavy atom. The van der Waals surface area contributed by atoms with Crippen LogP contribution in [0.1, 0.15) is 58.2 Å². The summed E-state index contributed by atoms with van der Waals surface area (Å²) in [7, 11) is 0. The normalized spacial score (nSPS) is 17.1. The molecule has 0 bridgehead atoms. The van der Waals surface area contributed by atoms with E-state index < -0.39 is 17.7 Å². The third kappa shape index (κ3) is 5.61. The Morgan fingerprint density at radius 1 is 1.38 bits per heavy atom. The number of benzene rings is 1. The number of halogens is 1. The van der Waals surface area contributed by atoms with Crippen molar-refractivity contribution < 1.29 is 28.2 Å². The number of rotatable bonds is 5. The minimum atomic E-state index is -0.619. The molecular weight excluding hydrogens is 341 g/mol. The van der Waals surface area contributed by atoms with Gasteiger partial charge in [0.15, 0.2) is 0 Å². The molecule has 1 aromatic carbocycles. The summed E-state index contributed by atoms with van der Waals surface area (Å²) in [5, 5.41) is 2.71. The van der Waals surface area contributed by atoms with Crippen molar-refractivity contribution in [2.45, 2.75) is 65.2 Å². The van der Waals surface area contributed by atoms with Crippen LogP contribution >= 0.6 is 0 Å². The van der Waals surface area contributed by atoms with E-state index in [0.717, 1.165) is 5.56 Å². The maximum absolute atomic E-state index is 14.0. The van der Waals surface area contributed by atoms with Gasteiger partial charge in [-0.25, -0.2) is 9.18 Å². The summed E-state index contributed by atoms with van der Waals surface area (Å²) in [5.41, 5.74) is 0.679. The van der Waals surface area contributed by atoms with E-state index in [4.69, 9.17) is 14.2 Å². The molecule has 6 nitrogen and oxygen atoms in total. The van der Waals surface area contributed by atoms with Crippen molar-refractivity contribution >= 4 is 12.1 Å². The van der Waals surface area contributed by atoms with Crippen LogP contribution in [0.4, 0.5) is 9.18 Å². The van der Waals surface area contributed by atoms with Crippen LogP contribution in [0.25, 0.3) is 0 Å². The highest BCUT2D eigenvalue weighted by Gasteiger charge is 2.29. The zero-order chi connectivity index (χ0) is 19.5. The summed E-state index contributed by atoms with van der Waals surface area (Å²) in [6.07, 6.45) is 0.273. The molecule has 1 unspecified atom stereocenters. The van der Waals surface area contributed by atoms with Crippen LogP contribution in [0.3, 0.4) is 0 Å². The molecule has 0 aliphatic carbocycles. The van der Waals surface area contributed by atoms with E-state index in [1.807, 2.05) is 0 Å². The molecule has 26 heavy (non-hydrogen) atoms. The molecule has 1 N–H and O–H groups in total. The molecule has 0 saturated heterocycles. The standard InChI is InChI=1S/C19H26FNO5/c1-11(21-18(23)26-19(3,4)5)16-10-14(20)8-13-9-15(25-17(13)16)6-7-24-12(2)22/h8,10-11,15H,6-7,9H2,1-5H3,(H,21,23)/t11-,15?/m1/s1. The zero-order valence-electron chi connectivity index (χ0n) is 15.8. The molecule has 1 heterocycles. The lowest BCUT2D eigenvalue weighted by atomic mass is 10.0. The summed E-state index contributed by atoms with van der Waals surface area (Å²) in [4.78, 5) is 22.8. The Labute approximate surface area is 153 Å². The van der Waals surface area contributed by atoms with Crippen molar-refractivity contribution in [3.05, 3.63) is 29.1 Å². The Kier molecular flexibility index (Phi) is 6.10. The lowest BCUT2D eigenvalue weighted by Gasteiger charge is -2.23. The highest BCUT2D eigenvalue weighted by Crippen LogP contribution is 2.37. The molecule has 7 heteroatoms. The fourth-order valence-corrected chi connectivity index (χ4v) is 2.80. The van der Waals surface area contributed by atoms with Crippen molar-refractivity contribution in [2.24, 2.45) is 0 Å². The quantitative estimate of drug-likeness (QED) is 0.804. The second-order valence-electron chi connectivity index (χ2n) is 7.42. The number of carbonyl (C=O) groups excluding carboxylic acids is 2. The summed E-state index contributed by atoms with van der Waals surface area (Å²) in [5.74, 6) is -0.161. The predicted molar refractivity (Wildman–Crippen MR) is 93.6 cm³/mol. The number of hydrogen-bond donors (Lipinski definition) is 1. The van der Waals surface area contributed by atoms with E-state index in [1.54, 1.807) is 27.7 Å². The molecule has 1 amide bonds. The van der Waals surface area contributed by atoms with Crippen molar-refractivity contribution in [3.63, 3.8) is 0 Å². The van der Waals surface area contributed by atoms with Crippen LogP contribution in [0.15, 0.2) is 12.1 Å². The van der Waals surface area contributed by atoms with Gasteiger partial charge in [0.25, 0.3) is 0 Å². The minimum Gasteiger partial charge on any atom is -0.489 e. The van der Waals surface area contributed by atoms with E-state index in [1.165, 1.54) is 19.1 Å². The topological polar surface area (TPSA) is 73.9 Å². The van der Waals surface area contributed by atoms with Crippen LogP contribution in [-0.2, 0) is 20.7 Å². The largest absolute Gasteiger partial charge is 0.489 e. The predicted octanol–water partition coefficient (Wildman–Crippen LogP) is 3.67. The molecule has 0 saturated carbocycles. The molecule has 1 aliphatic rings. The van der Waals surface area contributed by atoms with Gasteiger partial charge in [-0.2, -0.15) is 0 Å². The molecule has 144 valence electrons. The third-order valence-corrected chi connectivity index (χ3v) is 3.84. The van der Waals surface area contributed by atoms with Crippen LogP contribution in [0, 0.1) is 5.82 Å². The number of esters is 1. The van der Waals surface area contributed by atoms with Gasteiger partial charge in [0.05, 0.1) is 12.6 Å². The molecule has 0 spiro atoms. The van der Waals surface area contributed by atoms with E-state index in [9.17, 15) is 14.0 Å². The van der Waals surface area contributed by atoms with E-state index in [2.05, 4.69) is 5.32 Å². The van der Waals surface area contributed by atoms with Crippen LogP contribution in [0.5, 0.6) is 5.75 Å².